The molecule has 3 nitrogen and oxygen atoms in total. The molecule has 1 N–H and O–H groups in total. The zero-order chi connectivity index (χ0) is 12.7. The summed E-state index contributed by atoms with van der Waals surface area (Å²) in [5.41, 5.74) is 1.22. The second-order valence-corrected chi connectivity index (χ2v) is 5.33. The molecule has 0 unspecified atom stereocenters. The highest BCUT2D eigenvalue weighted by Crippen LogP contribution is 2.30. The molecular formula is C16H17NO2. The van der Waals surface area contributed by atoms with Gasteiger partial charge in [-0.1, -0.05) is 36.4 Å². The lowest BCUT2D eigenvalue weighted by atomic mass is 10.1. The summed E-state index contributed by atoms with van der Waals surface area (Å²) in [5, 5.41) is 5.89. The van der Waals surface area contributed by atoms with E-state index in [0.29, 0.717) is 18.8 Å². The van der Waals surface area contributed by atoms with Crippen LogP contribution in [0.15, 0.2) is 42.5 Å². The summed E-state index contributed by atoms with van der Waals surface area (Å²) in [6.45, 7) is 2.53. The molecule has 0 bridgehead atoms. The fraction of sp³-hybridized carbons (Fsp3) is 0.375. The van der Waals surface area contributed by atoms with Gasteiger partial charge in [0.25, 0.3) is 0 Å². The van der Waals surface area contributed by atoms with Crippen LogP contribution in [0.5, 0.6) is 0 Å². The summed E-state index contributed by atoms with van der Waals surface area (Å²) in [7, 11) is 0. The molecule has 0 amide bonds. The van der Waals surface area contributed by atoms with Crippen LogP contribution < -0.4 is 5.32 Å². The number of epoxide rings is 1. The summed E-state index contributed by atoms with van der Waals surface area (Å²) in [6, 6.07) is 14.9. The molecule has 2 aliphatic rings. The molecule has 2 heterocycles. The van der Waals surface area contributed by atoms with Crippen LogP contribution in [0.4, 0.5) is 0 Å². The van der Waals surface area contributed by atoms with Crippen LogP contribution in [0.3, 0.4) is 0 Å². The maximum Gasteiger partial charge on any atom is 0.113 e. The van der Waals surface area contributed by atoms with Gasteiger partial charge in [0.05, 0.1) is 18.8 Å². The Morgan fingerprint density at radius 3 is 2.95 bits per heavy atom. The van der Waals surface area contributed by atoms with E-state index in [4.69, 9.17) is 9.47 Å². The van der Waals surface area contributed by atoms with E-state index in [2.05, 4.69) is 47.8 Å². The van der Waals surface area contributed by atoms with E-state index < -0.39 is 0 Å². The Morgan fingerprint density at radius 2 is 2.00 bits per heavy atom. The van der Waals surface area contributed by atoms with Crippen LogP contribution >= 0.6 is 0 Å². The van der Waals surface area contributed by atoms with Crippen molar-refractivity contribution < 1.29 is 9.47 Å². The van der Waals surface area contributed by atoms with E-state index in [1.165, 1.54) is 16.3 Å². The number of ether oxygens (including phenoxy) is 2. The molecule has 3 atom stereocenters. The lowest BCUT2D eigenvalue weighted by Gasteiger charge is -2.20. The van der Waals surface area contributed by atoms with Gasteiger partial charge in [0.2, 0.25) is 0 Å². The Hall–Kier alpha value is -1.42. The van der Waals surface area contributed by atoms with E-state index in [-0.39, 0.29) is 6.10 Å². The Labute approximate surface area is 112 Å². The maximum atomic E-state index is 5.98. The molecule has 4 rings (SSSR count). The van der Waals surface area contributed by atoms with Crippen LogP contribution in [0, 0.1) is 0 Å². The second-order valence-electron chi connectivity index (χ2n) is 5.33. The number of nitrogens with one attached hydrogen (secondary N) is 1. The predicted octanol–water partition coefficient (Wildman–Crippen LogP) is 2.10. The number of hydrogen-bond donors (Lipinski definition) is 1. The van der Waals surface area contributed by atoms with Crippen molar-refractivity contribution in [3.05, 3.63) is 48.0 Å². The van der Waals surface area contributed by atoms with Gasteiger partial charge in [0.1, 0.15) is 6.10 Å². The SMILES string of the molecule is c1ccc2cc(CO[C@@H]3CNC[C@H]4O[C@H]34)ccc2c1. The van der Waals surface area contributed by atoms with Gasteiger partial charge in [-0.25, -0.2) is 0 Å². The zero-order valence-electron chi connectivity index (χ0n) is 10.7. The molecule has 0 aliphatic carbocycles. The fourth-order valence-corrected chi connectivity index (χ4v) is 2.82. The standard InChI is InChI=1S/C16H17NO2/c1-2-4-13-7-11(5-6-12(13)3-1)10-18-14-8-17-9-15-16(14)19-15/h1-7,14-17H,8-10H2/t14-,15-,16-/m1/s1. The molecule has 0 radical (unpaired) electrons. The molecule has 2 aromatic rings. The maximum absolute atomic E-state index is 5.98. The number of fused-ring (bicyclic) bond motifs is 2. The van der Waals surface area contributed by atoms with Crippen molar-refractivity contribution in [1.29, 1.82) is 0 Å². The van der Waals surface area contributed by atoms with Crippen molar-refractivity contribution in [3.63, 3.8) is 0 Å². The van der Waals surface area contributed by atoms with Crippen molar-refractivity contribution in [2.45, 2.75) is 24.9 Å². The van der Waals surface area contributed by atoms with E-state index in [1.807, 2.05) is 0 Å². The minimum Gasteiger partial charge on any atom is -0.369 e. The van der Waals surface area contributed by atoms with Gasteiger partial charge < -0.3 is 14.8 Å². The zero-order valence-corrected chi connectivity index (χ0v) is 10.7. The van der Waals surface area contributed by atoms with Crippen LogP contribution in [0.1, 0.15) is 5.56 Å². The van der Waals surface area contributed by atoms with Crippen molar-refractivity contribution in [1.82, 2.24) is 5.32 Å². The molecule has 2 saturated heterocycles. The minimum absolute atomic E-state index is 0.199. The largest absolute Gasteiger partial charge is 0.369 e. The first kappa shape index (κ1) is 11.4. The van der Waals surface area contributed by atoms with Gasteiger partial charge in [-0.15, -0.1) is 0 Å². The Bertz CT molecular complexity index is 598. The minimum atomic E-state index is 0.199. The van der Waals surface area contributed by atoms with Crippen LogP contribution in [0.2, 0.25) is 0 Å². The molecular weight excluding hydrogens is 238 g/mol. The highest BCUT2D eigenvalue weighted by molar-refractivity contribution is 5.82. The van der Waals surface area contributed by atoms with Gasteiger partial charge in [0, 0.05) is 13.1 Å². The third-order valence-corrected chi connectivity index (χ3v) is 3.96. The smallest absolute Gasteiger partial charge is 0.113 e. The average Bonchev–Trinajstić information content (AvgIpc) is 3.25. The molecule has 3 heteroatoms. The van der Waals surface area contributed by atoms with E-state index >= 15 is 0 Å². The topological polar surface area (TPSA) is 33.8 Å². The first-order valence-corrected chi connectivity index (χ1v) is 6.85. The number of piperidine rings is 1. The molecule has 19 heavy (non-hydrogen) atoms. The van der Waals surface area contributed by atoms with Crippen molar-refractivity contribution >= 4 is 10.8 Å². The Morgan fingerprint density at radius 1 is 1.11 bits per heavy atom. The van der Waals surface area contributed by atoms with Gasteiger partial charge in [0.15, 0.2) is 0 Å². The Kier molecular flexibility index (Phi) is 2.76. The van der Waals surface area contributed by atoms with E-state index in [9.17, 15) is 0 Å². The van der Waals surface area contributed by atoms with Crippen molar-refractivity contribution in [2.75, 3.05) is 13.1 Å². The van der Waals surface area contributed by atoms with Gasteiger partial charge >= 0.3 is 0 Å². The third kappa shape index (κ3) is 2.25. The lowest BCUT2D eigenvalue weighted by Crippen LogP contribution is -2.41. The fourth-order valence-electron chi connectivity index (χ4n) is 2.82. The first-order chi connectivity index (χ1) is 9.40. The molecule has 2 aliphatic heterocycles. The summed E-state index contributed by atoms with van der Waals surface area (Å²) in [4.78, 5) is 0. The first-order valence-electron chi connectivity index (χ1n) is 6.85. The van der Waals surface area contributed by atoms with Gasteiger partial charge in [-0.3, -0.25) is 0 Å². The second kappa shape index (κ2) is 4.60. The highest BCUT2D eigenvalue weighted by atomic mass is 16.6. The van der Waals surface area contributed by atoms with Crippen LogP contribution in [0.25, 0.3) is 10.8 Å². The van der Waals surface area contributed by atoms with E-state index in [0.717, 1.165) is 13.1 Å². The summed E-state index contributed by atoms with van der Waals surface area (Å²) < 4.78 is 11.5. The highest BCUT2D eigenvalue weighted by Gasteiger charge is 2.47. The number of rotatable bonds is 3. The lowest BCUT2D eigenvalue weighted by molar-refractivity contribution is 0.0211. The Balaban J connectivity index is 1.46. The van der Waals surface area contributed by atoms with Gasteiger partial charge in [-0.05, 0) is 22.4 Å². The van der Waals surface area contributed by atoms with Crippen LogP contribution in [-0.4, -0.2) is 31.4 Å². The monoisotopic (exact) mass is 255 g/mol. The molecule has 0 saturated carbocycles. The van der Waals surface area contributed by atoms with Crippen LogP contribution in [-0.2, 0) is 16.1 Å². The van der Waals surface area contributed by atoms with Crippen molar-refractivity contribution in [2.24, 2.45) is 0 Å². The molecule has 0 spiro atoms. The molecule has 2 fully saturated rings. The predicted molar refractivity (Wildman–Crippen MR) is 74.1 cm³/mol. The molecule has 0 aromatic heterocycles. The average molecular weight is 255 g/mol. The van der Waals surface area contributed by atoms with Crippen molar-refractivity contribution in [3.8, 4) is 0 Å². The number of benzene rings is 2. The molecule has 2 aromatic carbocycles. The summed E-state index contributed by atoms with van der Waals surface area (Å²) >= 11 is 0. The quantitative estimate of drug-likeness (QED) is 0.853. The third-order valence-electron chi connectivity index (χ3n) is 3.96. The summed E-state index contributed by atoms with van der Waals surface area (Å²) in [6.07, 6.45) is 0.905. The summed E-state index contributed by atoms with van der Waals surface area (Å²) in [5.74, 6) is 0. The van der Waals surface area contributed by atoms with E-state index in [1.54, 1.807) is 0 Å². The number of hydrogen-bond acceptors (Lipinski definition) is 3. The molecule has 98 valence electrons. The van der Waals surface area contributed by atoms with Gasteiger partial charge in [-0.2, -0.15) is 0 Å². The normalized spacial score (nSPS) is 29.2.